The third-order valence-corrected chi connectivity index (χ3v) is 7.16. The van der Waals surface area contributed by atoms with Crippen molar-refractivity contribution in [1.82, 2.24) is 19.6 Å². The van der Waals surface area contributed by atoms with Gasteiger partial charge in [0.1, 0.15) is 5.75 Å². The molecule has 0 aliphatic carbocycles. The Labute approximate surface area is 229 Å². The zero-order valence-corrected chi connectivity index (χ0v) is 22.6. The van der Waals surface area contributed by atoms with E-state index in [9.17, 15) is 9.59 Å². The number of aryl methyl sites for hydroxylation is 2. The number of H-pyrrole nitrogens is 2. The van der Waals surface area contributed by atoms with Gasteiger partial charge in [0.15, 0.2) is 0 Å². The van der Waals surface area contributed by atoms with E-state index in [2.05, 4.69) is 10.2 Å². The lowest BCUT2D eigenvalue weighted by Crippen LogP contribution is -2.25. The largest absolute Gasteiger partial charge is 0.494 e. The highest BCUT2D eigenvalue weighted by atomic mass is 35.5. The smallest absolute Gasteiger partial charge is 0.275 e. The van der Waals surface area contributed by atoms with Gasteiger partial charge in [-0.05, 0) is 62.7 Å². The van der Waals surface area contributed by atoms with Crippen LogP contribution >= 0.6 is 23.2 Å². The van der Waals surface area contributed by atoms with Crippen LogP contribution in [0.2, 0.25) is 10.0 Å². The maximum Gasteiger partial charge on any atom is 0.275 e. The Kier molecular flexibility index (Phi) is 7.06. The van der Waals surface area contributed by atoms with Crippen molar-refractivity contribution in [1.29, 1.82) is 0 Å². The molecule has 0 saturated heterocycles. The number of nitrogens with zero attached hydrogens (tertiary/aromatic N) is 2. The molecule has 5 aromatic rings. The predicted molar refractivity (Wildman–Crippen MR) is 151 cm³/mol. The average molecular weight is 549 g/mol. The number of aromatic amines is 2. The van der Waals surface area contributed by atoms with Crippen LogP contribution in [0.4, 0.5) is 0 Å². The summed E-state index contributed by atoms with van der Waals surface area (Å²) in [7, 11) is 0. The minimum absolute atomic E-state index is 0.293. The number of hydrogen-bond donors (Lipinski definition) is 2. The molecule has 0 radical (unpaired) electrons. The van der Waals surface area contributed by atoms with E-state index >= 15 is 0 Å². The van der Waals surface area contributed by atoms with E-state index in [1.807, 2.05) is 57.2 Å². The zero-order valence-electron chi connectivity index (χ0n) is 21.1. The van der Waals surface area contributed by atoms with Crippen molar-refractivity contribution in [2.24, 2.45) is 0 Å². The summed E-state index contributed by atoms with van der Waals surface area (Å²) in [5, 5.41) is 7.19. The molecule has 0 spiro atoms. The first-order valence-electron chi connectivity index (χ1n) is 12.2. The Balaban J connectivity index is 1.76. The summed E-state index contributed by atoms with van der Waals surface area (Å²) in [5.74, 6) is 0.0270. The number of aromatic nitrogens is 4. The summed E-state index contributed by atoms with van der Waals surface area (Å²) in [6.07, 6.45) is 0. The molecule has 2 N–H and O–H groups in total. The van der Waals surface area contributed by atoms with Gasteiger partial charge in [-0.15, -0.1) is 0 Å². The van der Waals surface area contributed by atoms with Crippen molar-refractivity contribution in [3.63, 3.8) is 0 Å². The van der Waals surface area contributed by atoms with Gasteiger partial charge in [-0.3, -0.25) is 19.8 Å². The fraction of sp³-hybridized carbons (Fsp3) is 0.172. The van der Waals surface area contributed by atoms with E-state index in [0.717, 1.165) is 5.56 Å². The summed E-state index contributed by atoms with van der Waals surface area (Å²) in [6.45, 7) is 6.08. The topological polar surface area (TPSA) is 84.8 Å². The van der Waals surface area contributed by atoms with Crippen molar-refractivity contribution in [2.45, 2.75) is 26.7 Å². The van der Waals surface area contributed by atoms with Crippen molar-refractivity contribution >= 4 is 23.2 Å². The molecule has 0 amide bonds. The highest BCUT2D eigenvalue weighted by Gasteiger charge is 2.31. The van der Waals surface area contributed by atoms with E-state index in [1.165, 1.54) is 9.36 Å². The molecule has 38 heavy (non-hydrogen) atoms. The number of nitrogens with one attached hydrogen (secondary N) is 2. The molecular formula is C29H26Cl2N4O3. The number of rotatable bonds is 7. The Morgan fingerprint density at radius 1 is 0.737 bits per heavy atom. The molecule has 0 bridgehead atoms. The predicted octanol–water partition coefficient (Wildman–Crippen LogP) is 6.15. The van der Waals surface area contributed by atoms with Crippen LogP contribution < -0.4 is 15.9 Å². The second-order valence-electron chi connectivity index (χ2n) is 8.92. The third kappa shape index (κ3) is 4.48. The SMILES string of the molecule is CCOc1ccc(C(c2c(C)[nH]n(-c3ccccc3Cl)c2=O)c2c(C)[nH]n(-c3ccccc3Cl)c2=O)cc1. The maximum atomic E-state index is 14.0. The maximum absolute atomic E-state index is 14.0. The Morgan fingerprint density at radius 2 is 1.18 bits per heavy atom. The molecule has 0 aliphatic rings. The average Bonchev–Trinajstić information content (AvgIpc) is 3.36. The number of para-hydroxylation sites is 2. The molecule has 3 aromatic carbocycles. The zero-order chi connectivity index (χ0) is 27.0. The summed E-state index contributed by atoms with van der Waals surface area (Å²) < 4.78 is 8.46. The Hall–Kier alpha value is -3.94. The lowest BCUT2D eigenvalue weighted by Gasteiger charge is -2.16. The van der Waals surface area contributed by atoms with Crippen LogP contribution in [0.1, 0.15) is 40.9 Å². The molecule has 0 unspecified atom stereocenters. The van der Waals surface area contributed by atoms with Crippen LogP contribution in [0, 0.1) is 13.8 Å². The quantitative estimate of drug-likeness (QED) is 0.256. The van der Waals surface area contributed by atoms with Crippen LogP contribution in [-0.4, -0.2) is 26.2 Å². The molecule has 0 atom stereocenters. The highest BCUT2D eigenvalue weighted by molar-refractivity contribution is 6.32. The van der Waals surface area contributed by atoms with Gasteiger partial charge >= 0.3 is 0 Å². The molecule has 2 heterocycles. The standard InChI is InChI=1S/C29H26Cl2N4O3/c1-4-38-20-15-13-19(14-16-20)27(25-17(2)32-34(28(25)36)23-11-7-5-9-21(23)30)26-18(3)33-35(29(26)37)24-12-8-6-10-22(24)31/h5-16,27,32-33H,4H2,1-3H3. The van der Waals surface area contributed by atoms with Crippen LogP contribution in [0.15, 0.2) is 82.4 Å². The second-order valence-corrected chi connectivity index (χ2v) is 9.73. The summed E-state index contributed by atoms with van der Waals surface area (Å²) >= 11 is 12.9. The van der Waals surface area contributed by atoms with Gasteiger partial charge in [-0.2, -0.15) is 0 Å². The molecule has 5 rings (SSSR count). The minimum Gasteiger partial charge on any atom is -0.494 e. The monoisotopic (exact) mass is 548 g/mol. The van der Waals surface area contributed by atoms with Gasteiger partial charge in [-0.25, -0.2) is 9.36 Å². The molecule has 0 saturated carbocycles. The van der Waals surface area contributed by atoms with Crippen molar-refractivity contribution in [3.05, 3.63) is 132 Å². The van der Waals surface area contributed by atoms with E-state index < -0.39 is 5.92 Å². The number of benzene rings is 3. The van der Waals surface area contributed by atoms with Crippen molar-refractivity contribution in [2.75, 3.05) is 6.61 Å². The molecular weight excluding hydrogens is 523 g/mol. The lowest BCUT2D eigenvalue weighted by molar-refractivity contribution is 0.340. The normalized spacial score (nSPS) is 11.3. The molecule has 194 valence electrons. The fourth-order valence-corrected chi connectivity index (χ4v) is 5.25. The number of halogens is 2. The summed E-state index contributed by atoms with van der Waals surface area (Å²) in [4.78, 5) is 27.9. The Morgan fingerprint density at radius 3 is 1.61 bits per heavy atom. The van der Waals surface area contributed by atoms with Crippen LogP contribution in [0.25, 0.3) is 11.4 Å². The van der Waals surface area contributed by atoms with Crippen LogP contribution in [0.3, 0.4) is 0 Å². The minimum atomic E-state index is -0.675. The summed E-state index contributed by atoms with van der Waals surface area (Å²) in [6, 6.07) is 21.7. The van der Waals surface area contributed by atoms with Crippen molar-refractivity contribution < 1.29 is 4.74 Å². The first-order chi connectivity index (χ1) is 18.3. The highest BCUT2D eigenvalue weighted by Crippen LogP contribution is 2.34. The van der Waals surface area contributed by atoms with Crippen molar-refractivity contribution in [3.8, 4) is 17.1 Å². The van der Waals surface area contributed by atoms with E-state index in [1.54, 1.807) is 36.4 Å². The molecule has 0 fully saturated rings. The molecule has 0 aliphatic heterocycles. The van der Waals surface area contributed by atoms with Crippen LogP contribution in [0.5, 0.6) is 5.75 Å². The first kappa shape index (κ1) is 25.7. The van der Waals surface area contributed by atoms with Gasteiger partial charge in [0, 0.05) is 17.3 Å². The lowest BCUT2D eigenvalue weighted by atomic mass is 9.85. The van der Waals surface area contributed by atoms with E-state index in [4.69, 9.17) is 27.9 Å². The van der Waals surface area contributed by atoms with E-state index in [-0.39, 0.29) is 11.1 Å². The first-order valence-corrected chi connectivity index (χ1v) is 12.9. The third-order valence-electron chi connectivity index (χ3n) is 6.52. The molecule has 9 heteroatoms. The Bertz CT molecular complexity index is 1620. The fourth-order valence-electron chi connectivity index (χ4n) is 4.81. The number of hydrogen-bond acceptors (Lipinski definition) is 3. The number of ether oxygens (including phenoxy) is 1. The van der Waals surface area contributed by atoms with Gasteiger partial charge in [0.05, 0.1) is 39.2 Å². The molecule has 2 aromatic heterocycles. The summed E-state index contributed by atoms with van der Waals surface area (Å²) in [5.41, 5.74) is 3.37. The van der Waals surface area contributed by atoms with Gasteiger partial charge < -0.3 is 4.74 Å². The van der Waals surface area contributed by atoms with Gasteiger partial charge in [0.2, 0.25) is 0 Å². The van der Waals surface area contributed by atoms with Gasteiger partial charge in [-0.1, -0.05) is 59.6 Å². The van der Waals surface area contributed by atoms with Gasteiger partial charge in [0.25, 0.3) is 11.1 Å². The second kappa shape index (κ2) is 10.4. The molecule has 7 nitrogen and oxygen atoms in total. The van der Waals surface area contributed by atoms with E-state index in [0.29, 0.717) is 56.3 Å². The van der Waals surface area contributed by atoms with Crippen LogP contribution in [-0.2, 0) is 0 Å².